The Bertz CT molecular complexity index is 762. The molecule has 0 radical (unpaired) electrons. The van der Waals surface area contributed by atoms with Gasteiger partial charge in [0.05, 0.1) is 0 Å². The van der Waals surface area contributed by atoms with Crippen molar-refractivity contribution in [3.63, 3.8) is 0 Å². The van der Waals surface area contributed by atoms with E-state index >= 15 is 0 Å². The summed E-state index contributed by atoms with van der Waals surface area (Å²) in [5.74, 6) is 0.900. The second-order valence-corrected chi connectivity index (χ2v) is 7.29. The Morgan fingerprint density at radius 2 is 1.59 bits per heavy atom. The molecule has 1 nitrogen and oxygen atoms in total. The van der Waals surface area contributed by atoms with E-state index in [4.69, 9.17) is 4.74 Å². The van der Waals surface area contributed by atoms with E-state index in [2.05, 4.69) is 60.7 Å². The highest BCUT2D eigenvalue weighted by Crippen LogP contribution is 2.40. The van der Waals surface area contributed by atoms with Crippen LogP contribution in [0.2, 0.25) is 0 Å². The maximum Gasteiger partial charge on any atom is 0.119 e. The number of rotatable bonds is 7. The number of hydrogen-bond donors (Lipinski definition) is 0. The van der Waals surface area contributed by atoms with Gasteiger partial charge in [-0.25, -0.2) is 0 Å². The van der Waals surface area contributed by atoms with Gasteiger partial charge in [0.15, 0.2) is 0 Å². The van der Waals surface area contributed by atoms with Crippen LogP contribution in [-0.4, -0.2) is 0 Å². The molecule has 1 aliphatic rings. The summed E-state index contributed by atoms with van der Waals surface area (Å²) in [7, 11) is 0. The molecule has 1 fully saturated rings. The van der Waals surface area contributed by atoms with E-state index in [1.165, 1.54) is 43.2 Å². The highest BCUT2D eigenvalue weighted by molar-refractivity contribution is 5.33. The van der Waals surface area contributed by atoms with Crippen molar-refractivity contribution in [1.29, 1.82) is 0 Å². The average molecular weight is 359 g/mol. The van der Waals surface area contributed by atoms with Crippen LogP contribution in [-0.2, 0) is 16.8 Å². The van der Waals surface area contributed by atoms with Gasteiger partial charge in [0, 0.05) is 5.41 Å². The standard InChI is InChI=1S/C26H30O/c1-2-13-25(27-22-23-14-6-3-7-15-23)18-12-21-26(19-10-5-11-20-26)24-16-8-4-9-17-24/h2-4,6-9,12-18,21H,5,10-11,19-20,22H2,1H3/b13-2-,21-12+,25-18+. The van der Waals surface area contributed by atoms with Gasteiger partial charge in [0.25, 0.3) is 0 Å². The molecule has 0 bridgehead atoms. The third kappa shape index (κ3) is 5.47. The second-order valence-electron chi connectivity index (χ2n) is 7.29. The fourth-order valence-electron chi connectivity index (χ4n) is 3.89. The fourth-order valence-corrected chi connectivity index (χ4v) is 3.89. The Morgan fingerprint density at radius 3 is 2.26 bits per heavy atom. The lowest BCUT2D eigenvalue weighted by atomic mass is 9.69. The molecule has 0 aromatic heterocycles. The summed E-state index contributed by atoms with van der Waals surface area (Å²) < 4.78 is 6.02. The van der Waals surface area contributed by atoms with Gasteiger partial charge in [0.1, 0.15) is 12.4 Å². The molecule has 140 valence electrons. The summed E-state index contributed by atoms with van der Waals surface area (Å²) in [5, 5.41) is 0. The van der Waals surface area contributed by atoms with E-state index in [-0.39, 0.29) is 5.41 Å². The maximum atomic E-state index is 6.02. The Kier molecular flexibility index (Phi) is 7.10. The molecule has 2 aromatic rings. The second kappa shape index (κ2) is 9.97. The van der Waals surface area contributed by atoms with Crippen LogP contribution in [0.4, 0.5) is 0 Å². The van der Waals surface area contributed by atoms with E-state index in [0.29, 0.717) is 6.61 Å². The smallest absolute Gasteiger partial charge is 0.119 e. The van der Waals surface area contributed by atoms with Gasteiger partial charge in [0.2, 0.25) is 0 Å². The van der Waals surface area contributed by atoms with Crippen LogP contribution in [0, 0.1) is 0 Å². The van der Waals surface area contributed by atoms with E-state index in [0.717, 1.165) is 5.76 Å². The molecule has 0 N–H and O–H groups in total. The molecule has 0 atom stereocenters. The first-order valence-corrected chi connectivity index (χ1v) is 10.1. The Hall–Kier alpha value is -2.54. The molecule has 0 amide bonds. The summed E-state index contributed by atoms with van der Waals surface area (Å²) in [6, 6.07) is 21.3. The molecular weight excluding hydrogens is 328 g/mol. The summed E-state index contributed by atoms with van der Waals surface area (Å²) in [4.78, 5) is 0. The number of hydrogen-bond acceptors (Lipinski definition) is 1. The molecule has 1 heteroatoms. The van der Waals surface area contributed by atoms with Crippen LogP contribution < -0.4 is 0 Å². The SMILES string of the molecule is C\C=C/C(=C\C=C\C1(c2ccccc2)CCCCC1)OCc1ccccc1. The molecule has 3 rings (SSSR count). The van der Waals surface area contributed by atoms with Crippen molar-refractivity contribution >= 4 is 0 Å². The van der Waals surface area contributed by atoms with Gasteiger partial charge < -0.3 is 4.74 Å². The van der Waals surface area contributed by atoms with Crippen molar-refractivity contribution in [1.82, 2.24) is 0 Å². The Labute approximate surface area is 164 Å². The van der Waals surface area contributed by atoms with E-state index < -0.39 is 0 Å². The lowest BCUT2D eigenvalue weighted by molar-refractivity contribution is 0.211. The van der Waals surface area contributed by atoms with Crippen LogP contribution in [0.3, 0.4) is 0 Å². The van der Waals surface area contributed by atoms with Crippen molar-refractivity contribution in [3.8, 4) is 0 Å². The fraction of sp³-hybridized carbons (Fsp3) is 0.308. The predicted molar refractivity (Wildman–Crippen MR) is 114 cm³/mol. The zero-order valence-electron chi connectivity index (χ0n) is 16.3. The van der Waals surface area contributed by atoms with Gasteiger partial charge >= 0.3 is 0 Å². The minimum Gasteiger partial charge on any atom is -0.489 e. The van der Waals surface area contributed by atoms with Crippen LogP contribution in [0.15, 0.2) is 96.8 Å². The first-order chi connectivity index (χ1) is 13.3. The molecule has 0 heterocycles. The molecule has 27 heavy (non-hydrogen) atoms. The minimum atomic E-state index is 0.163. The molecule has 0 unspecified atom stereocenters. The molecule has 0 spiro atoms. The van der Waals surface area contributed by atoms with Gasteiger partial charge in [-0.05, 0) is 43.0 Å². The quantitative estimate of drug-likeness (QED) is 0.378. The van der Waals surface area contributed by atoms with Crippen LogP contribution >= 0.6 is 0 Å². The molecule has 1 aliphatic carbocycles. The normalized spacial score (nSPS) is 17.4. The highest BCUT2D eigenvalue weighted by Gasteiger charge is 2.30. The highest BCUT2D eigenvalue weighted by atomic mass is 16.5. The zero-order chi connectivity index (χ0) is 18.8. The van der Waals surface area contributed by atoms with Gasteiger partial charge in [-0.3, -0.25) is 0 Å². The van der Waals surface area contributed by atoms with Crippen molar-refractivity contribution in [3.05, 3.63) is 108 Å². The van der Waals surface area contributed by atoms with Crippen molar-refractivity contribution < 1.29 is 4.74 Å². The summed E-state index contributed by atoms with van der Waals surface area (Å²) in [6.07, 6.45) is 17.2. The summed E-state index contributed by atoms with van der Waals surface area (Å²) >= 11 is 0. The van der Waals surface area contributed by atoms with Crippen LogP contribution in [0.25, 0.3) is 0 Å². The average Bonchev–Trinajstić information content (AvgIpc) is 2.74. The lowest BCUT2D eigenvalue weighted by Gasteiger charge is -2.35. The van der Waals surface area contributed by atoms with Crippen molar-refractivity contribution in [2.24, 2.45) is 0 Å². The third-order valence-corrected chi connectivity index (χ3v) is 5.35. The molecule has 1 saturated carbocycles. The molecule has 0 aliphatic heterocycles. The first-order valence-electron chi connectivity index (χ1n) is 10.1. The molecule has 0 saturated heterocycles. The van der Waals surface area contributed by atoms with Crippen LogP contribution in [0.1, 0.15) is 50.2 Å². The van der Waals surface area contributed by atoms with E-state index in [1.807, 2.05) is 37.3 Å². The monoisotopic (exact) mass is 358 g/mol. The van der Waals surface area contributed by atoms with Gasteiger partial charge in [-0.1, -0.05) is 98.2 Å². The third-order valence-electron chi connectivity index (χ3n) is 5.35. The van der Waals surface area contributed by atoms with Gasteiger partial charge in [-0.15, -0.1) is 0 Å². The Balaban J connectivity index is 1.75. The first kappa shape index (κ1) is 19.2. The summed E-state index contributed by atoms with van der Waals surface area (Å²) in [6.45, 7) is 2.62. The van der Waals surface area contributed by atoms with E-state index in [1.54, 1.807) is 0 Å². The Morgan fingerprint density at radius 1 is 0.926 bits per heavy atom. The van der Waals surface area contributed by atoms with Crippen LogP contribution in [0.5, 0.6) is 0 Å². The number of allylic oxidation sites excluding steroid dienone is 5. The predicted octanol–water partition coefficient (Wildman–Crippen LogP) is 7.12. The van der Waals surface area contributed by atoms with E-state index in [9.17, 15) is 0 Å². The van der Waals surface area contributed by atoms with Crippen molar-refractivity contribution in [2.75, 3.05) is 0 Å². The van der Waals surface area contributed by atoms with Gasteiger partial charge in [-0.2, -0.15) is 0 Å². The number of benzene rings is 2. The number of ether oxygens (including phenoxy) is 1. The molecule has 2 aromatic carbocycles. The van der Waals surface area contributed by atoms with Crippen molar-refractivity contribution in [2.45, 2.75) is 51.0 Å². The summed E-state index contributed by atoms with van der Waals surface area (Å²) in [5.41, 5.74) is 2.79. The maximum absolute atomic E-state index is 6.02. The molecular formula is C26H30O. The zero-order valence-corrected chi connectivity index (χ0v) is 16.3. The largest absolute Gasteiger partial charge is 0.489 e. The topological polar surface area (TPSA) is 9.23 Å². The lowest BCUT2D eigenvalue weighted by Crippen LogP contribution is -2.26. The minimum absolute atomic E-state index is 0.163.